The number of allylic oxidation sites excluding steroid dienone is 5. The molecule has 0 unspecified atom stereocenters. The van der Waals surface area contributed by atoms with Crippen molar-refractivity contribution in [1.82, 2.24) is 25.4 Å². The summed E-state index contributed by atoms with van der Waals surface area (Å²) in [6.07, 6.45) is 11.6. The molecule has 1 aliphatic heterocycles. The summed E-state index contributed by atoms with van der Waals surface area (Å²) in [5.74, 6) is 0.636. The molecule has 5 N–H and O–H groups in total. The summed E-state index contributed by atoms with van der Waals surface area (Å²) in [7, 11) is 0. The van der Waals surface area contributed by atoms with Gasteiger partial charge in [-0.25, -0.2) is 4.98 Å². The molecule has 0 bridgehead atoms. The van der Waals surface area contributed by atoms with Crippen molar-refractivity contribution >= 4 is 11.4 Å². The van der Waals surface area contributed by atoms with Crippen LogP contribution in [0.2, 0.25) is 0 Å². The first-order valence-corrected chi connectivity index (χ1v) is 10.6. The summed E-state index contributed by atoms with van der Waals surface area (Å²) in [6, 6.07) is 5.49. The van der Waals surface area contributed by atoms with Crippen LogP contribution >= 0.6 is 0 Å². The minimum Gasteiger partial charge on any atom is -0.501 e. The molecule has 0 spiro atoms. The largest absolute Gasteiger partial charge is 0.501 e. The predicted octanol–water partition coefficient (Wildman–Crippen LogP) is 2.75. The predicted molar refractivity (Wildman–Crippen MR) is 125 cm³/mol. The Hall–Kier alpha value is -3.23. The molecule has 0 atom stereocenters. The molecular weight excluding hydrogens is 390 g/mol. The smallest absolute Gasteiger partial charge is 0.155 e. The van der Waals surface area contributed by atoms with E-state index in [4.69, 9.17) is 15.9 Å². The lowest BCUT2D eigenvalue weighted by atomic mass is 9.98. The van der Waals surface area contributed by atoms with Crippen molar-refractivity contribution in [2.45, 2.75) is 13.3 Å². The first-order valence-electron chi connectivity index (χ1n) is 10.6. The maximum absolute atomic E-state index is 8.73. The zero-order valence-corrected chi connectivity index (χ0v) is 18.0. The molecule has 164 valence electrons. The Morgan fingerprint density at radius 3 is 2.90 bits per heavy atom. The van der Waals surface area contributed by atoms with E-state index in [1.54, 1.807) is 12.3 Å². The number of nitrogens with zero attached hydrogens (tertiary/aromatic N) is 3. The van der Waals surface area contributed by atoms with E-state index in [0.717, 1.165) is 44.7 Å². The Kier molecular flexibility index (Phi) is 8.57. The van der Waals surface area contributed by atoms with Gasteiger partial charge in [0, 0.05) is 55.1 Å². The zero-order valence-electron chi connectivity index (χ0n) is 18.0. The maximum Gasteiger partial charge on any atom is 0.155 e. The van der Waals surface area contributed by atoms with Gasteiger partial charge >= 0.3 is 0 Å². The topological polar surface area (TPSA) is 116 Å². The van der Waals surface area contributed by atoms with Crippen LogP contribution in [0, 0.1) is 5.41 Å². The normalized spacial score (nSPS) is 15.7. The van der Waals surface area contributed by atoms with Gasteiger partial charge in [-0.3, -0.25) is 10.5 Å². The maximum atomic E-state index is 8.73. The molecule has 0 aliphatic carbocycles. The lowest BCUT2D eigenvalue weighted by molar-refractivity contribution is 0.192. The van der Waals surface area contributed by atoms with Crippen molar-refractivity contribution in [1.29, 1.82) is 5.41 Å². The van der Waals surface area contributed by atoms with E-state index < -0.39 is 0 Å². The third-order valence-corrected chi connectivity index (χ3v) is 5.06. The average molecular weight is 422 g/mol. The minimum atomic E-state index is 0.317. The third-order valence-electron chi connectivity index (χ3n) is 5.06. The monoisotopic (exact) mass is 421 g/mol. The number of aromatic amines is 1. The molecule has 3 rings (SSSR count). The van der Waals surface area contributed by atoms with Gasteiger partial charge in [-0.15, -0.1) is 0 Å². The van der Waals surface area contributed by atoms with Gasteiger partial charge in [-0.05, 0) is 37.6 Å². The zero-order chi connectivity index (χ0) is 21.9. The lowest BCUT2D eigenvalue weighted by Crippen LogP contribution is -2.43. The van der Waals surface area contributed by atoms with Crippen LogP contribution in [0.4, 0.5) is 5.69 Å². The number of benzene rings is 1. The van der Waals surface area contributed by atoms with E-state index in [-0.39, 0.29) is 0 Å². The molecule has 1 aromatic carbocycles. The fourth-order valence-electron chi connectivity index (χ4n) is 3.34. The number of H-pyrrole nitrogens is 1. The summed E-state index contributed by atoms with van der Waals surface area (Å²) in [4.78, 5) is 6.62. The van der Waals surface area contributed by atoms with Crippen LogP contribution in [-0.2, 0) is 4.74 Å². The van der Waals surface area contributed by atoms with Gasteiger partial charge in [0.1, 0.15) is 6.33 Å². The molecule has 0 amide bonds. The highest BCUT2D eigenvalue weighted by molar-refractivity contribution is 6.15. The van der Waals surface area contributed by atoms with E-state index in [9.17, 15) is 0 Å². The highest BCUT2D eigenvalue weighted by Gasteiger charge is 2.12. The molecule has 8 heteroatoms. The second-order valence-electron chi connectivity index (χ2n) is 7.28. The second-order valence-corrected chi connectivity index (χ2v) is 7.28. The summed E-state index contributed by atoms with van der Waals surface area (Å²) < 4.78 is 5.70. The highest BCUT2D eigenvalue weighted by atomic mass is 16.5. The van der Waals surface area contributed by atoms with E-state index in [2.05, 4.69) is 25.4 Å². The number of nitrogen functional groups attached to an aromatic ring is 1. The second kappa shape index (κ2) is 11.8. The van der Waals surface area contributed by atoms with E-state index in [1.165, 1.54) is 6.33 Å². The molecule has 1 aromatic heterocycles. The number of nitrogens with one attached hydrogen (secondary N) is 3. The van der Waals surface area contributed by atoms with Crippen LogP contribution in [-0.4, -0.2) is 65.1 Å². The molecule has 2 aromatic rings. The SMILES string of the molecule is C\C=C/C=C(\C=C\OCCCN1CCNCC1)C(=N)c1cc(-c2ncn[nH]2)ccc1N. The minimum absolute atomic E-state index is 0.317. The third kappa shape index (κ3) is 6.63. The van der Waals surface area contributed by atoms with Gasteiger partial charge in [0.2, 0.25) is 0 Å². The number of hydrogen-bond donors (Lipinski definition) is 4. The Morgan fingerprint density at radius 1 is 1.32 bits per heavy atom. The lowest BCUT2D eigenvalue weighted by Gasteiger charge is -2.26. The molecule has 0 saturated carbocycles. The van der Waals surface area contributed by atoms with E-state index in [0.29, 0.717) is 35.0 Å². The number of hydrogen-bond acceptors (Lipinski definition) is 7. The number of anilines is 1. The van der Waals surface area contributed by atoms with Crippen molar-refractivity contribution in [3.05, 3.63) is 66.2 Å². The first kappa shape index (κ1) is 22.5. The molecule has 1 fully saturated rings. The van der Waals surface area contributed by atoms with Crippen LogP contribution < -0.4 is 11.1 Å². The molecule has 1 saturated heterocycles. The molecular formula is C23H31N7O. The van der Waals surface area contributed by atoms with Gasteiger partial charge in [0.25, 0.3) is 0 Å². The Morgan fingerprint density at radius 2 is 2.16 bits per heavy atom. The number of aromatic nitrogens is 3. The van der Waals surface area contributed by atoms with Crippen LogP contribution in [0.1, 0.15) is 18.9 Å². The summed E-state index contributed by atoms with van der Waals surface area (Å²) in [6.45, 7) is 7.93. The van der Waals surface area contributed by atoms with Crippen molar-refractivity contribution in [2.24, 2.45) is 0 Å². The van der Waals surface area contributed by atoms with Crippen molar-refractivity contribution < 1.29 is 4.74 Å². The number of nitrogens with two attached hydrogens (primary N) is 1. The molecule has 31 heavy (non-hydrogen) atoms. The quantitative estimate of drug-likeness (QED) is 0.154. The molecule has 8 nitrogen and oxygen atoms in total. The molecule has 0 radical (unpaired) electrons. The van der Waals surface area contributed by atoms with Crippen LogP contribution in [0.5, 0.6) is 0 Å². The fraction of sp³-hybridized carbons (Fsp3) is 0.348. The number of ether oxygens (including phenoxy) is 1. The Labute approximate surface area is 183 Å². The fourth-order valence-corrected chi connectivity index (χ4v) is 3.34. The van der Waals surface area contributed by atoms with Gasteiger partial charge in [-0.2, -0.15) is 5.10 Å². The molecule has 2 heterocycles. The van der Waals surface area contributed by atoms with Gasteiger partial charge in [-0.1, -0.05) is 18.2 Å². The van der Waals surface area contributed by atoms with E-state index in [1.807, 2.05) is 43.4 Å². The number of rotatable bonds is 10. The summed E-state index contributed by atoms with van der Waals surface area (Å²) >= 11 is 0. The molecule has 1 aliphatic rings. The van der Waals surface area contributed by atoms with Crippen molar-refractivity contribution in [3.63, 3.8) is 0 Å². The van der Waals surface area contributed by atoms with Crippen LogP contribution in [0.3, 0.4) is 0 Å². The number of piperazine rings is 1. The van der Waals surface area contributed by atoms with Crippen LogP contribution in [0.25, 0.3) is 11.4 Å². The van der Waals surface area contributed by atoms with Crippen molar-refractivity contribution in [2.75, 3.05) is 45.1 Å². The van der Waals surface area contributed by atoms with Gasteiger partial charge in [0.05, 0.1) is 18.6 Å². The first-order chi connectivity index (χ1) is 15.2. The van der Waals surface area contributed by atoms with Crippen molar-refractivity contribution in [3.8, 4) is 11.4 Å². The highest BCUT2D eigenvalue weighted by Crippen LogP contribution is 2.23. The van der Waals surface area contributed by atoms with Gasteiger partial charge < -0.3 is 20.7 Å². The standard InChI is InChI=1S/C23H31N7O/c1-2-3-5-18(8-15-31-14-4-11-30-12-9-26-10-13-30)22(25)20-16-19(6-7-21(20)24)23-27-17-28-29-23/h2-3,5-8,15-17,25-26H,4,9-14,24H2,1H3,(H,27,28,29)/b3-2-,15-8+,18-5+,25-22?. The summed E-state index contributed by atoms with van der Waals surface area (Å²) in [5, 5.41) is 18.8. The Balaban J connectivity index is 1.63. The van der Waals surface area contributed by atoms with Crippen LogP contribution in [0.15, 0.2) is 60.7 Å². The summed E-state index contributed by atoms with van der Waals surface area (Å²) in [5.41, 5.74) is 9.19. The Bertz CT molecular complexity index is 925. The van der Waals surface area contributed by atoms with E-state index >= 15 is 0 Å². The average Bonchev–Trinajstić information content (AvgIpc) is 3.34. The van der Waals surface area contributed by atoms with Gasteiger partial charge in [0.15, 0.2) is 5.82 Å².